The minimum atomic E-state index is -0.982. The van der Waals surface area contributed by atoms with Gasteiger partial charge in [0.1, 0.15) is 0 Å². The van der Waals surface area contributed by atoms with Crippen molar-refractivity contribution < 1.29 is 19.8 Å². The molecular formula is C10H18N2O4. The van der Waals surface area contributed by atoms with Gasteiger partial charge in [-0.3, -0.25) is 14.5 Å². The quantitative estimate of drug-likeness (QED) is 0.565. The lowest BCUT2D eigenvalue weighted by atomic mass is 10.1. The smallest absolute Gasteiger partial charge is 0.305 e. The SMILES string of the molecule is CC(O)CCN1CCNC(=O)C1CC(=O)O. The van der Waals surface area contributed by atoms with Crippen LogP contribution in [0.3, 0.4) is 0 Å². The van der Waals surface area contributed by atoms with Crippen molar-refractivity contribution in [2.45, 2.75) is 31.9 Å². The standard InChI is InChI=1S/C10H18N2O4/c1-7(13)2-4-12-5-3-11-10(16)8(12)6-9(14)15/h7-8,13H,2-6H2,1H3,(H,11,16)(H,14,15). The van der Waals surface area contributed by atoms with Crippen molar-refractivity contribution >= 4 is 11.9 Å². The molecule has 6 nitrogen and oxygen atoms in total. The molecule has 0 spiro atoms. The number of nitrogens with one attached hydrogen (secondary N) is 1. The van der Waals surface area contributed by atoms with E-state index in [4.69, 9.17) is 5.11 Å². The zero-order valence-corrected chi connectivity index (χ0v) is 9.35. The number of carbonyl (C=O) groups is 2. The Balaban J connectivity index is 2.55. The highest BCUT2D eigenvalue weighted by molar-refractivity contribution is 5.86. The average molecular weight is 230 g/mol. The van der Waals surface area contributed by atoms with E-state index in [1.165, 1.54) is 0 Å². The molecule has 0 radical (unpaired) electrons. The molecule has 2 atom stereocenters. The van der Waals surface area contributed by atoms with E-state index in [0.29, 0.717) is 26.1 Å². The van der Waals surface area contributed by atoms with Gasteiger partial charge in [0.15, 0.2) is 0 Å². The number of amides is 1. The Morgan fingerprint density at radius 3 is 2.94 bits per heavy atom. The first-order valence-corrected chi connectivity index (χ1v) is 5.42. The third-order valence-electron chi connectivity index (χ3n) is 2.64. The van der Waals surface area contributed by atoms with Crippen LogP contribution >= 0.6 is 0 Å². The van der Waals surface area contributed by atoms with Crippen LogP contribution in [0.25, 0.3) is 0 Å². The lowest BCUT2D eigenvalue weighted by Crippen LogP contribution is -2.56. The van der Waals surface area contributed by atoms with Crippen molar-refractivity contribution in [3.63, 3.8) is 0 Å². The van der Waals surface area contributed by atoms with Crippen LogP contribution in [0.2, 0.25) is 0 Å². The van der Waals surface area contributed by atoms with E-state index < -0.39 is 18.1 Å². The predicted octanol–water partition coefficient (Wildman–Crippen LogP) is -0.968. The van der Waals surface area contributed by atoms with Gasteiger partial charge in [0.25, 0.3) is 0 Å². The zero-order valence-electron chi connectivity index (χ0n) is 9.35. The second kappa shape index (κ2) is 5.81. The second-order valence-electron chi connectivity index (χ2n) is 4.08. The molecule has 92 valence electrons. The van der Waals surface area contributed by atoms with Crippen molar-refractivity contribution in [1.29, 1.82) is 0 Å². The highest BCUT2D eigenvalue weighted by Gasteiger charge is 2.31. The minimum Gasteiger partial charge on any atom is -0.481 e. The Morgan fingerprint density at radius 1 is 1.69 bits per heavy atom. The summed E-state index contributed by atoms with van der Waals surface area (Å²) in [6.07, 6.45) is -0.0786. The van der Waals surface area contributed by atoms with Gasteiger partial charge in [-0.1, -0.05) is 0 Å². The fourth-order valence-electron chi connectivity index (χ4n) is 1.77. The molecule has 6 heteroatoms. The Morgan fingerprint density at radius 2 is 2.38 bits per heavy atom. The molecule has 0 saturated carbocycles. The number of aliphatic hydroxyl groups is 1. The van der Waals surface area contributed by atoms with E-state index in [1.54, 1.807) is 6.92 Å². The first-order chi connectivity index (χ1) is 7.50. The highest BCUT2D eigenvalue weighted by atomic mass is 16.4. The molecule has 1 saturated heterocycles. The summed E-state index contributed by atoms with van der Waals surface area (Å²) in [5, 5.41) is 20.5. The van der Waals surface area contributed by atoms with Crippen LogP contribution in [0.1, 0.15) is 19.8 Å². The molecule has 1 fully saturated rings. The van der Waals surface area contributed by atoms with Crippen molar-refractivity contribution in [2.75, 3.05) is 19.6 Å². The molecule has 16 heavy (non-hydrogen) atoms. The van der Waals surface area contributed by atoms with Crippen molar-refractivity contribution in [3.05, 3.63) is 0 Å². The molecule has 0 bridgehead atoms. The molecular weight excluding hydrogens is 212 g/mol. The monoisotopic (exact) mass is 230 g/mol. The molecule has 3 N–H and O–H groups in total. The average Bonchev–Trinajstić information content (AvgIpc) is 2.18. The summed E-state index contributed by atoms with van der Waals surface area (Å²) in [7, 11) is 0. The third kappa shape index (κ3) is 3.79. The number of aliphatic carboxylic acids is 1. The second-order valence-corrected chi connectivity index (χ2v) is 4.08. The summed E-state index contributed by atoms with van der Waals surface area (Å²) < 4.78 is 0. The number of carbonyl (C=O) groups excluding carboxylic acids is 1. The van der Waals surface area contributed by atoms with E-state index in [-0.39, 0.29) is 12.3 Å². The summed E-state index contributed by atoms with van der Waals surface area (Å²) in [6.45, 7) is 3.39. The van der Waals surface area contributed by atoms with Crippen LogP contribution in [0.15, 0.2) is 0 Å². The number of carboxylic acids is 1. The molecule has 1 aliphatic rings. The van der Waals surface area contributed by atoms with Gasteiger partial charge in [-0.25, -0.2) is 0 Å². The predicted molar refractivity (Wildman–Crippen MR) is 56.9 cm³/mol. The Kier molecular flexibility index (Phi) is 4.70. The number of rotatable bonds is 5. The van der Waals surface area contributed by atoms with Crippen molar-refractivity contribution in [2.24, 2.45) is 0 Å². The van der Waals surface area contributed by atoms with Crippen molar-refractivity contribution in [3.8, 4) is 0 Å². The maximum absolute atomic E-state index is 11.5. The molecule has 1 aliphatic heterocycles. The summed E-state index contributed by atoms with van der Waals surface area (Å²) in [6, 6.07) is -0.606. The first-order valence-electron chi connectivity index (χ1n) is 5.42. The molecule has 0 aliphatic carbocycles. The number of hydrogen-bond acceptors (Lipinski definition) is 4. The Bertz CT molecular complexity index is 268. The van der Waals surface area contributed by atoms with Crippen LogP contribution in [0, 0.1) is 0 Å². The number of piperazine rings is 1. The van der Waals surface area contributed by atoms with E-state index in [2.05, 4.69) is 5.32 Å². The van der Waals surface area contributed by atoms with Crippen LogP contribution in [-0.2, 0) is 9.59 Å². The van der Waals surface area contributed by atoms with E-state index in [1.807, 2.05) is 4.90 Å². The maximum atomic E-state index is 11.5. The molecule has 1 heterocycles. The molecule has 1 rings (SSSR count). The van der Waals surface area contributed by atoms with Gasteiger partial charge >= 0.3 is 5.97 Å². The number of nitrogens with zero attached hydrogens (tertiary/aromatic N) is 1. The molecule has 0 aromatic carbocycles. The molecule has 1 amide bonds. The summed E-state index contributed by atoms with van der Waals surface area (Å²) in [5.74, 6) is -1.22. The van der Waals surface area contributed by atoms with Crippen LogP contribution in [0.4, 0.5) is 0 Å². The zero-order chi connectivity index (χ0) is 12.1. The lowest BCUT2D eigenvalue weighted by molar-refractivity contribution is -0.143. The number of aliphatic hydroxyl groups excluding tert-OH is 1. The summed E-state index contributed by atoms with van der Waals surface area (Å²) in [5.41, 5.74) is 0. The normalized spacial score (nSPS) is 23.9. The summed E-state index contributed by atoms with van der Waals surface area (Å²) in [4.78, 5) is 24.0. The molecule has 0 aromatic heterocycles. The van der Waals surface area contributed by atoms with Gasteiger partial charge in [-0.2, -0.15) is 0 Å². The highest BCUT2D eigenvalue weighted by Crippen LogP contribution is 2.10. The maximum Gasteiger partial charge on any atom is 0.305 e. The van der Waals surface area contributed by atoms with E-state index >= 15 is 0 Å². The van der Waals surface area contributed by atoms with Gasteiger partial charge in [-0.05, 0) is 13.3 Å². The summed E-state index contributed by atoms with van der Waals surface area (Å²) >= 11 is 0. The van der Waals surface area contributed by atoms with Crippen LogP contribution in [0.5, 0.6) is 0 Å². The van der Waals surface area contributed by atoms with E-state index in [0.717, 1.165) is 0 Å². The number of hydrogen-bond donors (Lipinski definition) is 3. The van der Waals surface area contributed by atoms with E-state index in [9.17, 15) is 14.7 Å². The Hall–Kier alpha value is -1.14. The van der Waals surface area contributed by atoms with Crippen LogP contribution < -0.4 is 5.32 Å². The first kappa shape index (κ1) is 12.9. The molecule has 2 unspecified atom stereocenters. The molecule has 0 aromatic rings. The third-order valence-corrected chi connectivity index (χ3v) is 2.64. The van der Waals surface area contributed by atoms with Gasteiger partial charge in [0.2, 0.25) is 5.91 Å². The number of carboxylic acid groups (broad SMARTS) is 1. The largest absolute Gasteiger partial charge is 0.481 e. The van der Waals surface area contributed by atoms with Crippen molar-refractivity contribution in [1.82, 2.24) is 10.2 Å². The van der Waals surface area contributed by atoms with Crippen LogP contribution in [-0.4, -0.2) is 58.8 Å². The van der Waals surface area contributed by atoms with Gasteiger partial charge in [0, 0.05) is 19.6 Å². The van der Waals surface area contributed by atoms with Gasteiger partial charge in [-0.15, -0.1) is 0 Å². The topological polar surface area (TPSA) is 89.9 Å². The minimum absolute atomic E-state index is 0.189. The fraction of sp³-hybridized carbons (Fsp3) is 0.800. The Labute approximate surface area is 94.2 Å². The van der Waals surface area contributed by atoms with Gasteiger partial charge in [0.05, 0.1) is 18.6 Å². The fourth-order valence-corrected chi connectivity index (χ4v) is 1.77. The lowest BCUT2D eigenvalue weighted by Gasteiger charge is -2.34. The van der Waals surface area contributed by atoms with Gasteiger partial charge < -0.3 is 15.5 Å².